The Morgan fingerprint density at radius 3 is 2.21 bits per heavy atom. The molecule has 132 valence electrons. The molecule has 0 N–H and O–H groups in total. The first-order valence-electron chi connectivity index (χ1n) is 9.62. The van der Waals surface area contributed by atoms with Crippen LogP contribution < -0.4 is 0 Å². The Bertz CT molecular complexity index is 1520. The monoisotopic (exact) mass is 358 g/mol. The van der Waals surface area contributed by atoms with Crippen LogP contribution in [0.25, 0.3) is 54.6 Å². The molecule has 0 spiro atoms. The van der Waals surface area contributed by atoms with Gasteiger partial charge in [0.15, 0.2) is 0 Å². The van der Waals surface area contributed by atoms with Gasteiger partial charge in [-0.2, -0.15) is 0 Å². The lowest BCUT2D eigenvalue weighted by atomic mass is 9.97. The molecule has 0 fully saturated rings. The zero-order chi connectivity index (χ0) is 18.7. The summed E-state index contributed by atoms with van der Waals surface area (Å²) in [6, 6.07) is 32.4. The highest BCUT2D eigenvalue weighted by atomic mass is 16.3. The molecule has 0 unspecified atom stereocenters. The van der Waals surface area contributed by atoms with Gasteiger partial charge < -0.3 is 4.42 Å². The number of fused-ring (bicyclic) bond motifs is 6. The molecule has 0 aliphatic carbocycles. The molecule has 1 aromatic heterocycles. The molecule has 1 nitrogen and oxygen atoms in total. The Kier molecular flexibility index (Phi) is 3.15. The summed E-state index contributed by atoms with van der Waals surface area (Å²) in [7, 11) is 0. The Morgan fingerprint density at radius 2 is 1.32 bits per heavy atom. The molecule has 28 heavy (non-hydrogen) atoms. The number of benzene rings is 5. The Balaban J connectivity index is 1.73. The van der Waals surface area contributed by atoms with Gasteiger partial charge in [0, 0.05) is 16.3 Å². The topological polar surface area (TPSA) is 13.1 Å². The molecular formula is C27H18O. The molecule has 0 atom stereocenters. The Labute approximate surface area is 162 Å². The van der Waals surface area contributed by atoms with Gasteiger partial charge in [-0.05, 0) is 51.7 Å². The molecule has 0 amide bonds. The normalized spacial score (nSPS) is 11.8. The van der Waals surface area contributed by atoms with Crippen LogP contribution in [0.4, 0.5) is 0 Å². The van der Waals surface area contributed by atoms with Crippen molar-refractivity contribution in [2.24, 2.45) is 0 Å². The third kappa shape index (κ3) is 2.13. The maximum atomic E-state index is 6.49. The van der Waals surface area contributed by atoms with E-state index in [4.69, 9.17) is 4.42 Å². The van der Waals surface area contributed by atoms with Gasteiger partial charge >= 0.3 is 0 Å². The van der Waals surface area contributed by atoms with E-state index in [1.54, 1.807) is 0 Å². The van der Waals surface area contributed by atoms with E-state index in [9.17, 15) is 0 Å². The van der Waals surface area contributed by atoms with Crippen LogP contribution in [0.2, 0.25) is 0 Å². The molecule has 0 saturated carbocycles. The lowest BCUT2D eigenvalue weighted by Gasteiger charge is -2.05. The Hall–Kier alpha value is -3.58. The van der Waals surface area contributed by atoms with Crippen LogP contribution in [0, 0.1) is 6.92 Å². The van der Waals surface area contributed by atoms with Crippen LogP contribution in [0.15, 0.2) is 95.4 Å². The van der Waals surface area contributed by atoms with E-state index in [1.807, 2.05) is 0 Å². The SMILES string of the molecule is Cc1cc2ccccc2c2c1oc1c(-c3ccc4ccccc4c3)cccc12. The number of hydrogen-bond acceptors (Lipinski definition) is 1. The average molecular weight is 358 g/mol. The average Bonchev–Trinajstić information content (AvgIpc) is 3.14. The number of furan rings is 1. The predicted octanol–water partition coefficient (Wildman–Crippen LogP) is 7.87. The van der Waals surface area contributed by atoms with Crippen molar-refractivity contribution in [1.29, 1.82) is 0 Å². The van der Waals surface area contributed by atoms with E-state index >= 15 is 0 Å². The molecule has 0 saturated heterocycles. The van der Waals surface area contributed by atoms with Gasteiger partial charge in [0.05, 0.1) is 0 Å². The summed E-state index contributed by atoms with van der Waals surface area (Å²) < 4.78 is 6.49. The van der Waals surface area contributed by atoms with Crippen molar-refractivity contribution in [3.63, 3.8) is 0 Å². The first-order chi connectivity index (χ1) is 13.8. The van der Waals surface area contributed by atoms with Gasteiger partial charge in [-0.25, -0.2) is 0 Å². The molecule has 0 aliphatic rings. The van der Waals surface area contributed by atoms with Crippen molar-refractivity contribution in [2.75, 3.05) is 0 Å². The number of para-hydroxylation sites is 1. The first-order valence-corrected chi connectivity index (χ1v) is 9.62. The van der Waals surface area contributed by atoms with Gasteiger partial charge in [-0.15, -0.1) is 0 Å². The van der Waals surface area contributed by atoms with E-state index in [-0.39, 0.29) is 0 Å². The summed E-state index contributed by atoms with van der Waals surface area (Å²) >= 11 is 0. The van der Waals surface area contributed by atoms with E-state index in [0.29, 0.717) is 0 Å². The van der Waals surface area contributed by atoms with Gasteiger partial charge in [-0.3, -0.25) is 0 Å². The molecule has 6 aromatic rings. The van der Waals surface area contributed by atoms with Crippen molar-refractivity contribution in [2.45, 2.75) is 6.92 Å². The molecule has 0 aliphatic heterocycles. The summed E-state index contributed by atoms with van der Waals surface area (Å²) in [5.41, 5.74) is 5.46. The van der Waals surface area contributed by atoms with Gasteiger partial charge in [0.2, 0.25) is 0 Å². The second kappa shape index (κ2) is 5.71. The maximum absolute atomic E-state index is 6.49. The van der Waals surface area contributed by atoms with Crippen molar-refractivity contribution < 1.29 is 4.42 Å². The number of rotatable bonds is 1. The minimum Gasteiger partial charge on any atom is -0.455 e. The molecule has 5 aromatic carbocycles. The molecule has 0 radical (unpaired) electrons. The maximum Gasteiger partial charge on any atom is 0.143 e. The third-order valence-electron chi connectivity index (χ3n) is 5.74. The van der Waals surface area contributed by atoms with Crippen LogP contribution in [0.3, 0.4) is 0 Å². The summed E-state index contributed by atoms with van der Waals surface area (Å²) in [6.45, 7) is 2.13. The zero-order valence-corrected chi connectivity index (χ0v) is 15.6. The summed E-state index contributed by atoms with van der Waals surface area (Å²) in [6.07, 6.45) is 0. The van der Waals surface area contributed by atoms with E-state index in [1.165, 1.54) is 43.4 Å². The smallest absolute Gasteiger partial charge is 0.143 e. The standard InChI is InChI=1S/C27H18O/c1-17-15-20-9-4-5-10-22(20)25-24-12-6-11-23(27(24)28-26(17)25)21-14-13-18-7-2-3-8-19(18)16-21/h2-16H,1H3. The largest absolute Gasteiger partial charge is 0.455 e. The van der Waals surface area contributed by atoms with E-state index < -0.39 is 0 Å². The lowest BCUT2D eigenvalue weighted by molar-refractivity contribution is 0.667. The van der Waals surface area contributed by atoms with Gasteiger partial charge in [0.1, 0.15) is 11.2 Å². The van der Waals surface area contributed by atoms with E-state index in [0.717, 1.165) is 16.7 Å². The van der Waals surface area contributed by atoms with Crippen LogP contribution in [-0.2, 0) is 0 Å². The summed E-state index contributed by atoms with van der Waals surface area (Å²) in [5, 5.41) is 7.40. The fraction of sp³-hybridized carbons (Fsp3) is 0.0370. The number of hydrogen-bond donors (Lipinski definition) is 0. The van der Waals surface area contributed by atoms with Crippen LogP contribution in [-0.4, -0.2) is 0 Å². The van der Waals surface area contributed by atoms with Gasteiger partial charge in [0.25, 0.3) is 0 Å². The van der Waals surface area contributed by atoms with E-state index in [2.05, 4.69) is 97.9 Å². The fourth-order valence-electron chi connectivity index (χ4n) is 4.40. The molecule has 6 rings (SSSR count). The summed E-state index contributed by atoms with van der Waals surface area (Å²) in [5.74, 6) is 0. The first kappa shape index (κ1) is 15.5. The van der Waals surface area contributed by atoms with Crippen molar-refractivity contribution in [1.82, 2.24) is 0 Å². The van der Waals surface area contributed by atoms with Crippen LogP contribution in [0.1, 0.15) is 5.56 Å². The number of aryl methyl sites for hydroxylation is 1. The van der Waals surface area contributed by atoms with Crippen molar-refractivity contribution >= 4 is 43.5 Å². The van der Waals surface area contributed by atoms with Crippen LogP contribution in [0.5, 0.6) is 0 Å². The zero-order valence-electron chi connectivity index (χ0n) is 15.6. The highest BCUT2D eigenvalue weighted by molar-refractivity contribution is 6.21. The fourth-order valence-corrected chi connectivity index (χ4v) is 4.40. The van der Waals surface area contributed by atoms with Crippen LogP contribution >= 0.6 is 0 Å². The minimum absolute atomic E-state index is 0.965. The molecule has 1 heterocycles. The molecule has 1 heteroatoms. The third-order valence-corrected chi connectivity index (χ3v) is 5.74. The van der Waals surface area contributed by atoms with Gasteiger partial charge in [-0.1, -0.05) is 78.9 Å². The second-order valence-corrected chi connectivity index (χ2v) is 7.46. The lowest BCUT2D eigenvalue weighted by Crippen LogP contribution is -1.80. The highest BCUT2D eigenvalue weighted by Gasteiger charge is 2.16. The quantitative estimate of drug-likeness (QED) is 0.291. The van der Waals surface area contributed by atoms with Crippen molar-refractivity contribution in [3.05, 3.63) is 96.6 Å². The molecule has 0 bridgehead atoms. The molecular weight excluding hydrogens is 340 g/mol. The predicted molar refractivity (Wildman–Crippen MR) is 119 cm³/mol. The highest BCUT2D eigenvalue weighted by Crippen LogP contribution is 2.40. The summed E-state index contributed by atoms with van der Waals surface area (Å²) in [4.78, 5) is 0. The second-order valence-electron chi connectivity index (χ2n) is 7.46. The Morgan fingerprint density at radius 1 is 0.571 bits per heavy atom. The minimum atomic E-state index is 0.965. The van der Waals surface area contributed by atoms with Crippen molar-refractivity contribution in [3.8, 4) is 11.1 Å².